The molecule has 2 amide bonds. The first-order valence-corrected chi connectivity index (χ1v) is 7.87. The summed E-state index contributed by atoms with van der Waals surface area (Å²) in [6, 6.07) is 14.4. The standard InChI is InChI=1S/C18H22N2O2/c21-13-15-4-3-9-20(12-15)18(22)19-11-14-7-8-16-5-1-2-6-17(16)10-14/h1-2,5-8,10,15,21H,3-4,9,11-13H2,(H,19,22). The van der Waals surface area contributed by atoms with Crippen LogP contribution in [0, 0.1) is 5.92 Å². The topological polar surface area (TPSA) is 52.6 Å². The minimum atomic E-state index is -0.0358. The third-order valence-electron chi connectivity index (χ3n) is 4.32. The van der Waals surface area contributed by atoms with Gasteiger partial charge in [0.2, 0.25) is 0 Å². The third-order valence-corrected chi connectivity index (χ3v) is 4.32. The molecule has 2 aromatic rings. The summed E-state index contributed by atoms with van der Waals surface area (Å²) in [5.74, 6) is 0.222. The van der Waals surface area contributed by atoms with Gasteiger partial charge in [-0.1, -0.05) is 36.4 Å². The number of nitrogens with one attached hydrogen (secondary N) is 1. The molecule has 1 atom stereocenters. The Kier molecular flexibility index (Phi) is 4.59. The highest BCUT2D eigenvalue weighted by Gasteiger charge is 2.22. The number of benzene rings is 2. The summed E-state index contributed by atoms with van der Waals surface area (Å²) in [7, 11) is 0. The molecule has 0 aromatic heterocycles. The first-order valence-electron chi connectivity index (χ1n) is 7.87. The van der Waals surface area contributed by atoms with Gasteiger partial charge in [-0.3, -0.25) is 0 Å². The summed E-state index contributed by atoms with van der Waals surface area (Å²) in [5.41, 5.74) is 1.10. The second-order valence-corrected chi connectivity index (χ2v) is 5.98. The van der Waals surface area contributed by atoms with Crippen molar-refractivity contribution in [3.63, 3.8) is 0 Å². The third kappa shape index (κ3) is 3.39. The van der Waals surface area contributed by atoms with Crippen LogP contribution >= 0.6 is 0 Å². The van der Waals surface area contributed by atoms with Crippen LogP contribution in [0.15, 0.2) is 42.5 Å². The SMILES string of the molecule is O=C(NCc1ccc2ccccc2c1)N1CCCC(CO)C1. The molecule has 0 radical (unpaired) electrons. The molecule has 2 N–H and O–H groups in total. The molecule has 1 aliphatic rings. The fourth-order valence-corrected chi connectivity index (χ4v) is 3.04. The molecule has 0 saturated carbocycles. The number of aliphatic hydroxyl groups is 1. The van der Waals surface area contributed by atoms with E-state index in [1.54, 1.807) is 0 Å². The fraction of sp³-hybridized carbons (Fsp3) is 0.389. The number of urea groups is 1. The van der Waals surface area contributed by atoms with E-state index in [2.05, 4.69) is 35.6 Å². The van der Waals surface area contributed by atoms with E-state index in [1.807, 2.05) is 17.0 Å². The Balaban J connectivity index is 1.59. The molecule has 1 saturated heterocycles. The maximum atomic E-state index is 12.2. The first-order chi connectivity index (χ1) is 10.8. The molecule has 1 aliphatic heterocycles. The largest absolute Gasteiger partial charge is 0.396 e. The number of carbonyl (C=O) groups is 1. The zero-order chi connectivity index (χ0) is 15.4. The number of hydrogen-bond donors (Lipinski definition) is 2. The Bertz CT molecular complexity index is 656. The molecule has 1 fully saturated rings. The average Bonchev–Trinajstić information content (AvgIpc) is 2.59. The molecule has 2 aromatic carbocycles. The molecule has 116 valence electrons. The fourth-order valence-electron chi connectivity index (χ4n) is 3.04. The minimum absolute atomic E-state index is 0.0358. The van der Waals surface area contributed by atoms with Crippen molar-refractivity contribution in [2.45, 2.75) is 19.4 Å². The molecular formula is C18H22N2O2. The van der Waals surface area contributed by atoms with E-state index in [9.17, 15) is 9.90 Å². The molecule has 4 heteroatoms. The summed E-state index contributed by atoms with van der Waals surface area (Å²) >= 11 is 0. The van der Waals surface area contributed by atoms with E-state index < -0.39 is 0 Å². The van der Waals surface area contributed by atoms with Crippen LogP contribution in [-0.2, 0) is 6.54 Å². The Morgan fingerprint density at radius 3 is 2.86 bits per heavy atom. The van der Waals surface area contributed by atoms with Crippen molar-refractivity contribution in [3.8, 4) is 0 Å². The number of fused-ring (bicyclic) bond motifs is 1. The molecule has 4 nitrogen and oxygen atoms in total. The Morgan fingerprint density at radius 2 is 2.05 bits per heavy atom. The Hall–Kier alpha value is -2.07. The number of hydrogen-bond acceptors (Lipinski definition) is 2. The predicted molar refractivity (Wildman–Crippen MR) is 87.6 cm³/mol. The smallest absolute Gasteiger partial charge is 0.317 e. The van der Waals surface area contributed by atoms with Crippen molar-refractivity contribution in [2.75, 3.05) is 19.7 Å². The van der Waals surface area contributed by atoms with Gasteiger partial charge in [0.05, 0.1) is 0 Å². The maximum absolute atomic E-state index is 12.2. The lowest BCUT2D eigenvalue weighted by Crippen LogP contribution is -2.45. The quantitative estimate of drug-likeness (QED) is 0.915. The van der Waals surface area contributed by atoms with Gasteiger partial charge in [0.1, 0.15) is 0 Å². The zero-order valence-electron chi connectivity index (χ0n) is 12.7. The number of nitrogens with zero attached hydrogens (tertiary/aromatic N) is 1. The van der Waals surface area contributed by atoms with Crippen LogP contribution in [0.5, 0.6) is 0 Å². The molecule has 0 bridgehead atoms. The summed E-state index contributed by atoms with van der Waals surface area (Å²) < 4.78 is 0. The minimum Gasteiger partial charge on any atom is -0.396 e. The van der Waals surface area contributed by atoms with Gasteiger partial charge in [0.15, 0.2) is 0 Å². The monoisotopic (exact) mass is 298 g/mol. The van der Waals surface area contributed by atoms with Gasteiger partial charge in [-0.15, -0.1) is 0 Å². The van der Waals surface area contributed by atoms with E-state index in [0.717, 1.165) is 24.9 Å². The molecule has 0 aliphatic carbocycles. The van der Waals surface area contributed by atoms with Crippen LogP contribution in [0.2, 0.25) is 0 Å². The van der Waals surface area contributed by atoms with Crippen LogP contribution < -0.4 is 5.32 Å². The molecule has 1 heterocycles. The molecule has 1 unspecified atom stereocenters. The summed E-state index contributed by atoms with van der Waals surface area (Å²) in [4.78, 5) is 14.0. The van der Waals surface area contributed by atoms with Gasteiger partial charge in [0, 0.05) is 26.2 Å². The highest BCUT2D eigenvalue weighted by atomic mass is 16.3. The Morgan fingerprint density at radius 1 is 1.23 bits per heavy atom. The second-order valence-electron chi connectivity index (χ2n) is 5.98. The van der Waals surface area contributed by atoms with E-state index in [0.29, 0.717) is 13.1 Å². The lowest BCUT2D eigenvalue weighted by atomic mass is 9.99. The van der Waals surface area contributed by atoms with Gasteiger partial charge >= 0.3 is 6.03 Å². The average molecular weight is 298 g/mol. The number of carbonyl (C=O) groups excluding carboxylic acids is 1. The van der Waals surface area contributed by atoms with E-state index in [-0.39, 0.29) is 18.6 Å². The number of amides is 2. The number of rotatable bonds is 3. The van der Waals surface area contributed by atoms with Gasteiger partial charge in [-0.2, -0.15) is 0 Å². The normalized spacial score (nSPS) is 18.4. The van der Waals surface area contributed by atoms with Gasteiger partial charge in [0.25, 0.3) is 0 Å². The zero-order valence-corrected chi connectivity index (χ0v) is 12.7. The first kappa shape index (κ1) is 14.9. The molecule has 22 heavy (non-hydrogen) atoms. The van der Waals surface area contributed by atoms with Crippen LogP contribution in [0.25, 0.3) is 10.8 Å². The van der Waals surface area contributed by atoms with Crippen molar-refractivity contribution >= 4 is 16.8 Å². The Labute approximate surface area is 130 Å². The van der Waals surface area contributed by atoms with E-state index in [4.69, 9.17) is 0 Å². The van der Waals surface area contributed by atoms with Crippen molar-refractivity contribution in [1.82, 2.24) is 10.2 Å². The van der Waals surface area contributed by atoms with Gasteiger partial charge < -0.3 is 15.3 Å². The molecule has 0 spiro atoms. The number of aliphatic hydroxyl groups excluding tert-OH is 1. The van der Waals surface area contributed by atoms with E-state index >= 15 is 0 Å². The predicted octanol–water partition coefficient (Wildman–Crippen LogP) is 2.75. The maximum Gasteiger partial charge on any atom is 0.317 e. The van der Waals surface area contributed by atoms with Gasteiger partial charge in [-0.05, 0) is 41.2 Å². The number of likely N-dealkylation sites (tertiary alicyclic amines) is 1. The van der Waals surface area contributed by atoms with Crippen molar-refractivity contribution in [2.24, 2.45) is 5.92 Å². The highest BCUT2D eigenvalue weighted by Crippen LogP contribution is 2.17. The van der Waals surface area contributed by atoms with Crippen molar-refractivity contribution in [3.05, 3.63) is 48.0 Å². The van der Waals surface area contributed by atoms with Crippen molar-refractivity contribution in [1.29, 1.82) is 0 Å². The second kappa shape index (κ2) is 6.79. The van der Waals surface area contributed by atoms with Crippen LogP contribution in [0.3, 0.4) is 0 Å². The van der Waals surface area contributed by atoms with Crippen molar-refractivity contribution < 1.29 is 9.90 Å². The highest BCUT2D eigenvalue weighted by molar-refractivity contribution is 5.83. The molecular weight excluding hydrogens is 276 g/mol. The summed E-state index contributed by atoms with van der Waals surface area (Å²) in [6.45, 7) is 2.12. The lowest BCUT2D eigenvalue weighted by Gasteiger charge is -2.31. The van der Waals surface area contributed by atoms with Crippen LogP contribution in [0.4, 0.5) is 4.79 Å². The summed E-state index contributed by atoms with van der Waals surface area (Å²) in [5, 5.41) is 14.6. The van der Waals surface area contributed by atoms with Crippen LogP contribution in [-0.4, -0.2) is 35.7 Å². The van der Waals surface area contributed by atoms with Crippen LogP contribution in [0.1, 0.15) is 18.4 Å². The van der Waals surface area contributed by atoms with E-state index in [1.165, 1.54) is 10.8 Å². The lowest BCUT2D eigenvalue weighted by molar-refractivity contribution is 0.129. The summed E-state index contributed by atoms with van der Waals surface area (Å²) in [6.07, 6.45) is 1.97. The van der Waals surface area contributed by atoms with Gasteiger partial charge in [-0.25, -0.2) is 4.79 Å². The number of piperidine rings is 1. The molecule has 3 rings (SSSR count).